The quantitative estimate of drug-likeness (QED) is 0.546. The molecule has 2 saturated heterocycles. The third kappa shape index (κ3) is 4.96. The van der Waals surface area contributed by atoms with E-state index in [4.69, 9.17) is 16.3 Å². The number of aromatic nitrogens is 1. The van der Waals surface area contributed by atoms with Gasteiger partial charge in [0, 0.05) is 48.3 Å². The minimum Gasteiger partial charge on any atom is -0.450 e. The van der Waals surface area contributed by atoms with Gasteiger partial charge in [0.05, 0.1) is 17.7 Å². The van der Waals surface area contributed by atoms with E-state index in [2.05, 4.69) is 36.0 Å². The van der Waals surface area contributed by atoms with Crippen LogP contribution in [0.25, 0.3) is 0 Å². The number of amides is 2. The zero-order valence-electron chi connectivity index (χ0n) is 22.2. The first-order valence-electron chi connectivity index (χ1n) is 12.7. The Morgan fingerprint density at radius 2 is 2.00 bits per heavy atom. The van der Waals surface area contributed by atoms with Crippen molar-refractivity contribution in [2.24, 2.45) is 5.41 Å². The second-order valence-electron chi connectivity index (χ2n) is 11.1. The number of likely N-dealkylation sites (tertiary alicyclic amines) is 1. The zero-order valence-corrected chi connectivity index (χ0v) is 22.9. The molecular weight excluding hydrogens is 476 g/mol. The molecule has 2 unspecified atom stereocenters. The smallest absolute Gasteiger partial charge is 0.410 e. The average Bonchev–Trinajstić information content (AvgIpc) is 3.05. The highest BCUT2D eigenvalue weighted by Gasteiger charge is 2.59. The van der Waals surface area contributed by atoms with E-state index in [9.17, 15) is 9.59 Å². The van der Waals surface area contributed by atoms with Crippen molar-refractivity contribution in [3.05, 3.63) is 57.9 Å². The lowest BCUT2D eigenvalue weighted by Crippen LogP contribution is -2.67. The number of carbonyl (C=O) groups excluding carboxylic acids is 2. The molecule has 36 heavy (non-hydrogen) atoms. The van der Waals surface area contributed by atoms with Crippen LogP contribution in [0.1, 0.15) is 67.7 Å². The van der Waals surface area contributed by atoms with Gasteiger partial charge in [0.25, 0.3) is 5.91 Å². The standard InChI is InChI=1S/C28H37ClN4O3/c1-7-36-26(35)33-23-10-11-28(33,27(4,5)6)17-32(16-23)15-21-12-22(29)13-24(19(21)3)31-25(34)20-9-8-18(2)30-14-20/h8-9,12-14,23H,7,10-11,15-17H2,1-6H3,(H,31,34). The van der Waals surface area contributed by atoms with Crippen molar-refractivity contribution < 1.29 is 14.3 Å². The maximum atomic E-state index is 13.0. The van der Waals surface area contributed by atoms with Gasteiger partial charge in [0.2, 0.25) is 0 Å². The molecule has 7 nitrogen and oxygen atoms in total. The monoisotopic (exact) mass is 512 g/mol. The number of halogens is 1. The van der Waals surface area contributed by atoms with Gasteiger partial charge in [-0.15, -0.1) is 0 Å². The van der Waals surface area contributed by atoms with Gasteiger partial charge >= 0.3 is 6.09 Å². The van der Waals surface area contributed by atoms with E-state index < -0.39 is 0 Å². The summed E-state index contributed by atoms with van der Waals surface area (Å²) in [5.74, 6) is -0.216. The van der Waals surface area contributed by atoms with Crippen LogP contribution >= 0.6 is 11.6 Å². The Hall–Kier alpha value is -2.64. The molecule has 2 aliphatic rings. The average molecular weight is 513 g/mol. The number of rotatable bonds is 5. The van der Waals surface area contributed by atoms with Crippen molar-refractivity contribution in [3.63, 3.8) is 0 Å². The van der Waals surface area contributed by atoms with Crippen LogP contribution in [0.15, 0.2) is 30.5 Å². The first-order chi connectivity index (χ1) is 16.9. The van der Waals surface area contributed by atoms with Gasteiger partial charge in [-0.25, -0.2) is 4.79 Å². The van der Waals surface area contributed by atoms with Crippen LogP contribution in [-0.2, 0) is 11.3 Å². The van der Waals surface area contributed by atoms with Gasteiger partial charge < -0.3 is 10.1 Å². The number of nitrogens with one attached hydrogen (secondary N) is 1. The number of hydrogen-bond donors (Lipinski definition) is 1. The highest BCUT2D eigenvalue weighted by molar-refractivity contribution is 6.31. The molecule has 0 radical (unpaired) electrons. The van der Waals surface area contributed by atoms with E-state index in [1.165, 1.54) is 0 Å². The summed E-state index contributed by atoms with van der Waals surface area (Å²) in [5.41, 5.74) is 3.69. The van der Waals surface area contributed by atoms with Gasteiger partial charge in [-0.2, -0.15) is 0 Å². The van der Waals surface area contributed by atoms with Crippen molar-refractivity contribution in [2.45, 2.75) is 72.5 Å². The molecule has 3 heterocycles. The second kappa shape index (κ2) is 10.0. The van der Waals surface area contributed by atoms with Gasteiger partial charge in [-0.05, 0) is 74.4 Å². The number of ether oxygens (including phenoxy) is 1. The van der Waals surface area contributed by atoms with E-state index in [1.807, 2.05) is 37.8 Å². The molecule has 0 spiro atoms. The first-order valence-corrected chi connectivity index (χ1v) is 13.0. The normalized spacial score (nSPS) is 22.0. The van der Waals surface area contributed by atoms with Crippen LogP contribution in [0.2, 0.25) is 5.02 Å². The lowest BCUT2D eigenvalue weighted by Gasteiger charge is -2.54. The fraction of sp³-hybridized carbons (Fsp3) is 0.536. The Kier molecular flexibility index (Phi) is 7.35. The van der Waals surface area contributed by atoms with E-state index in [1.54, 1.807) is 18.3 Å². The second-order valence-corrected chi connectivity index (χ2v) is 11.5. The highest BCUT2D eigenvalue weighted by Crippen LogP contribution is 2.50. The Morgan fingerprint density at radius 1 is 1.25 bits per heavy atom. The Balaban J connectivity index is 1.57. The van der Waals surface area contributed by atoms with Crippen molar-refractivity contribution in [3.8, 4) is 0 Å². The van der Waals surface area contributed by atoms with Crippen molar-refractivity contribution in [1.29, 1.82) is 0 Å². The summed E-state index contributed by atoms with van der Waals surface area (Å²) in [6.45, 7) is 15.0. The fourth-order valence-electron chi connectivity index (χ4n) is 5.74. The molecule has 8 heteroatoms. The predicted molar refractivity (Wildman–Crippen MR) is 142 cm³/mol. The lowest BCUT2D eigenvalue weighted by molar-refractivity contribution is -0.0559. The number of aryl methyl sites for hydroxylation is 1. The predicted octanol–water partition coefficient (Wildman–Crippen LogP) is 5.83. The van der Waals surface area contributed by atoms with Gasteiger partial charge in [-0.3, -0.25) is 19.6 Å². The molecule has 194 valence electrons. The third-order valence-electron chi connectivity index (χ3n) is 7.83. The molecule has 1 N–H and O–H groups in total. The minimum absolute atomic E-state index is 0.113. The Bertz CT molecular complexity index is 1140. The molecule has 2 bridgehead atoms. The largest absolute Gasteiger partial charge is 0.450 e. The van der Waals surface area contributed by atoms with Gasteiger partial charge in [0.1, 0.15) is 0 Å². The van der Waals surface area contributed by atoms with Crippen LogP contribution < -0.4 is 5.32 Å². The number of piperazine rings is 1. The summed E-state index contributed by atoms with van der Waals surface area (Å²) < 4.78 is 5.47. The number of pyridine rings is 1. The van der Waals surface area contributed by atoms with Gasteiger partial charge in [0.15, 0.2) is 0 Å². The zero-order chi connectivity index (χ0) is 26.3. The number of fused-ring (bicyclic) bond motifs is 2. The summed E-state index contributed by atoms with van der Waals surface area (Å²) in [6, 6.07) is 7.47. The minimum atomic E-state index is -0.301. The molecule has 4 rings (SSSR count). The number of hydrogen-bond acceptors (Lipinski definition) is 5. The van der Waals surface area contributed by atoms with Crippen LogP contribution in [0, 0.1) is 19.3 Å². The fourth-order valence-corrected chi connectivity index (χ4v) is 5.98. The molecule has 0 aliphatic carbocycles. The molecule has 2 atom stereocenters. The summed E-state index contributed by atoms with van der Waals surface area (Å²) in [6.07, 6.45) is 3.30. The SMILES string of the molecule is CCOC(=O)N1C2CCC1(C(C)(C)C)CN(Cc1cc(Cl)cc(NC(=O)c3ccc(C)nc3)c1C)C2. The van der Waals surface area contributed by atoms with Gasteiger partial charge in [-0.1, -0.05) is 32.4 Å². The Labute approximate surface area is 219 Å². The van der Waals surface area contributed by atoms with Crippen LogP contribution in [0.4, 0.5) is 10.5 Å². The summed E-state index contributed by atoms with van der Waals surface area (Å²) >= 11 is 6.51. The van der Waals surface area contributed by atoms with Crippen molar-refractivity contribution >= 4 is 29.3 Å². The number of benzene rings is 1. The summed E-state index contributed by atoms with van der Waals surface area (Å²) in [7, 11) is 0. The van der Waals surface area contributed by atoms with E-state index in [0.29, 0.717) is 29.4 Å². The van der Waals surface area contributed by atoms with E-state index in [-0.39, 0.29) is 29.0 Å². The van der Waals surface area contributed by atoms with Crippen LogP contribution in [0.3, 0.4) is 0 Å². The molecule has 1 aromatic carbocycles. The molecule has 2 amide bonds. The van der Waals surface area contributed by atoms with Crippen molar-refractivity contribution in [2.75, 3.05) is 25.0 Å². The Morgan fingerprint density at radius 3 is 2.64 bits per heavy atom. The maximum absolute atomic E-state index is 13.0. The molecule has 2 aromatic rings. The lowest BCUT2D eigenvalue weighted by atomic mass is 9.71. The third-order valence-corrected chi connectivity index (χ3v) is 8.05. The molecule has 2 aliphatic heterocycles. The summed E-state index contributed by atoms with van der Waals surface area (Å²) in [4.78, 5) is 34.5. The number of nitrogens with zero attached hydrogens (tertiary/aromatic N) is 3. The van der Waals surface area contributed by atoms with E-state index >= 15 is 0 Å². The highest BCUT2D eigenvalue weighted by atomic mass is 35.5. The first kappa shape index (κ1) is 26.4. The molecule has 0 saturated carbocycles. The topological polar surface area (TPSA) is 74.8 Å². The molecule has 2 fully saturated rings. The maximum Gasteiger partial charge on any atom is 0.410 e. The van der Waals surface area contributed by atoms with Crippen molar-refractivity contribution in [1.82, 2.24) is 14.8 Å². The molecular formula is C28H37ClN4O3. The summed E-state index contributed by atoms with van der Waals surface area (Å²) in [5, 5.41) is 3.59. The van der Waals surface area contributed by atoms with Crippen LogP contribution in [0.5, 0.6) is 0 Å². The van der Waals surface area contributed by atoms with E-state index in [0.717, 1.165) is 42.8 Å². The van der Waals surface area contributed by atoms with Crippen LogP contribution in [-0.4, -0.2) is 58.1 Å². The number of anilines is 1. The molecule has 1 aromatic heterocycles. The number of carbonyl (C=O) groups is 2.